The van der Waals surface area contributed by atoms with Crippen LogP contribution in [0.3, 0.4) is 0 Å². The zero-order valence-corrected chi connectivity index (χ0v) is 14.5. The third kappa shape index (κ3) is 3.49. The molecule has 3 rings (SSSR count). The first-order valence-electron chi connectivity index (χ1n) is 7.35. The molecule has 24 heavy (non-hydrogen) atoms. The number of carbonyl (C=O) groups is 1. The highest BCUT2D eigenvalue weighted by Crippen LogP contribution is 2.36. The lowest BCUT2D eigenvalue weighted by Crippen LogP contribution is -2.27. The lowest BCUT2D eigenvalue weighted by molar-refractivity contribution is -0.113. The number of thioether (sulfide) groups is 1. The first-order chi connectivity index (χ1) is 11.6. The van der Waals surface area contributed by atoms with E-state index in [1.54, 1.807) is 42.5 Å². The molecule has 0 unspecified atom stereocenters. The summed E-state index contributed by atoms with van der Waals surface area (Å²) in [6, 6.07) is 13.3. The second-order valence-electron chi connectivity index (χ2n) is 5.00. The van der Waals surface area contributed by atoms with Crippen molar-refractivity contribution in [2.24, 2.45) is 0 Å². The number of benzene rings is 2. The Morgan fingerprint density at radius 1 is 1.25 bits per heavy atom. The summed E-state index contributed by atoms with van der Waals surface area (Å²) in [4.78, 5) is 14.6. The summed E-state index contributed by atoms with van der Waals surface area (Å²) in [7, 11) is 0. The molecule has 1 aliphatic heterocycles. The first-order valence-corrected chi connectivity index (χ1v) is 8.57. The molecule has 1 fully saturated rings. The van der Waals surface area contributed by atoms with E-state index in [-0.39, 0.29) is 11.7 Å². The van der Waals surface area contributed by atoms with Crippen LogP contribution in [0.5, 0.6) is 5.75 Å². The Morgan fingerprint density at radius 2 is 2.00 bits per heavy atom. The molecule has 0 aromatic heterocycles. The highest BCUT2D eigenvalue weighted by molar-refractivity contribution is 8.27. The van der Waals surface area contributed by atoms with Gasteiger partial charge >= 0.3 is 0 Å². The van der Waals surface area contributed by atoms with Gasteiger partial charge in [0.2, 0.25) is 0 Å². The molecule has 122 valence electrons. The van der Waals surface area contributed by atoms with Gasteiger partial charge in [-0.3, -0.25) is 9.69 Å². The summed E-state index contributed by atoms with van der Waals surface area (Å²) in [6.07, 6.45) is 1.65. The van der Waals surface area contributed by atoms with Crippen LogP contribution in [0.15, 0.2) is 53.4 Å². The summed E-state index contributed by atoms with van der Waals surface area (Å²) in [6.45, 7) is 2.49. The smallest absolute Gasteiger partial charge is 0.270 e. The van der Waals surface area contributed by atoms with E-state index in [9.17, 15) is 9.18 Å². The molecular weight excluding hydrogens is 345 g/mol. The minimum atomic E-state index is -0.342. The van der Waals surface area contributed by atoms with Crippen molar-refractivity contribution in [2.45, 2.75) is 6.92 Å². The van der Waals surface area contributed by atoms with Gasteiger partial charge in [-0.15, -0.1) is 0 Å². The Kier molecular flexibility index (Phi) is 4.97. The van der Waals surface area contributed by atoms with E-state index in [0.717, 1.165) is 5.75 Å². The zero-order valence-electron chi connectivity index (χ0n) is 12.9. The number of anilines is 1. The maximum atomic E-state index is 13.3. The maximum Gasteiger partial charge on any atom is 0.270 e. The third-order valence-electron chi connectivity index (χ3n) is 3.35. The van der Waals surface area contributed by atoms with Crippen LogP contribution in [-0.4, -0.2) is 16.8 Å². The van der Waals surface area contributed by atoms with E-state index in [0.29, 0.717) is 27.1 Å². The van der Waals surface area contributed by atoms with Crippen LogP contribution >= 0.6 is 24.0 Å². The SMILES string of the molecule is CCOc1ccc(N2C(=O)/C(=C/c3cccc(F)c3)SC2=S)cc1. The van der Waals surface area contributed by atoms with E-state index in [1.807, 2.05) is 6.92 Å². The molecule has 0 radical (unpaired) electrons. The van der Waals surface area contributed by atoms with Gasteiger partial charge in [-0.25, -0.2) is 4.39 Å². The van der Waals surface area contributed by atoms with Crippen molar-refractivity contribution in [1.82, 2.24) is 0 Å². The quantitative estimate of drug-likeness (QED) is 0.588. The lowest BCUT2D eigenvalue weighted by atomic mass is 10.2. The standard InChI is InChI=1S/C18H14FNO2S2/c1-2-22-15-8-6-14(7-9-15)20-17(21)16(24-18(20)23)11-12-4-3-5-13(19)10-12/h3-11H,2H2,1H3/b16-11-. The Balaban J connectivity index is 1.86. The molecule has 1 amide bonds. The molecule has 0 atom stereocenters. The Labute approximate surface area is 149 Å². The van der Waals surface area contributed by atoms with Crippen molar-refractivity contribution in [1.29, 1.82) is 0 Å². The van der Waals surface area contributed by atoms with Crippen molar-refractivity contribution in [3.8, 4) is 5.75 Å². The molecule has 1 aliphatic rings. The van der Waals surface area contributed by atoms with Gasteiger partial charge in [-0.05, 0) is 55.0 Å². The molecule has 0 N–H and O–H groups in total. The zero-order chi connectivity index (χ0) is 17.1. The van der Waals surface area contributed by atoms with Gasteiger partial charge in [0.05, 0.1) is 17.2 Å². The minimum Gasteiger partial charge on any atom is -0.494 e. The van der Waals surface area contributed by atoms with Crippen LogP contribution in [0.1, 0.15) is 12.5 Å². The number of rotatable bonds is 4. The average molecular weight is 359 g/mol. The number of ether oxygens (including phenoxy) is 1. The van der Waals surface area contributed by atoms with E-state index in [1.165, 1.54) is 28.8 Å². The molecule has 0 saturated carbocycles. The van der Waals surface area contributed by atoms with E-state index >= 15 is 0 Å². The number of carbonyl (C=O) groups excluding carboxylic acids is 1. The summed E-state index contributed by atoms with van der Waals surface area (Å²) >= 11 is 6.53. The summed E-state index contributed by atoms with van der Waals surface area (Å²) in [5.41, 5.74) is 1.31. The highest BCUT2D eigenvalue weighted by Gasteiger charge is 2.33. The van der Waals surface area contributed by atoms with Crippen molar-refractivity contribution < 1.29 is 13.9 Å². The van der Waals surface area contributed by atoms with Crippen LogP contribution in [0.25, 0.3) is 6.08 Å². The number of halogens is 1. The topological polar surface area (TPSA) is 29.5 Å². The van der Waals surface area contributed by atoms with Crippen LogP contribution in [0.4, 0.5) is 10.1 Å². The van der Waals surface area contributed by atoms with Crippen molar-refractivity contribution in [2.75, 3.05) is 11.5 Å². The van der Waals surface area contributed by atoms with Gasteiger partial charge in [0.25, 0.3) is 5.91 Å². The molecule has 3 nitrogen and oxygen atoms in total. The number of hydrogen-bond donors (Lipinski definition) is 0. The van der Waals surface area contributed by atoms with Gasteiger partial charge in [0.15, 0.2) is 4.32 Å². The second kappa shape index (κ2) is 7.15. The molecule has 2 aromatic carbocycles. The average Bonchev–Trinajstić information content (AvgIpc) is 2.83. The van der Waals surface area contributed by atoms with Gasteiger partial charge < -0.3 is 4.74 Å². The second-order valence-corrected chi connectivity index (χ2v) is 6.67. The predicted molar refractivity (Wildman–Crippen MR) is 99.7 cm³/mol. The van der Waals surface area contributed by atoms with Gasteiger partial charge in [0, 0.05) is 0 Å². The molecule has 1 heterocycles. The number of hydrogen-bond acceptors (Lipinski definition) is 4. The predicted octanol–water partition coefficient (Wildman–Crippen LogP) is 4.63. The third-order valence-corrected chi connectivity index (χ3v) is 4.65. The van der Waals surface area contributed by atoms with Crippen LogP contribution in [0, 0.1) is 5.82 Å². The van der Waals surface area contributed by atoms with Crippen LogP contribution < -0.4 is 9.64 Å². The van der Waals surface area contributed by atoms with Gasteiger partial charge in [-0.2, -0.15) is 0 Å². The minimum absolute atomic E-state index is 0.210. The van der Waals surface area contributed by atoms with E-state index in [2.05, 4.69) is 0 Å². The molecule has 1 saturated heterocycles. The fourth-order valence-electron chi connectivity index (χ4n) is 2.30. The van der Waals surface area contributed by atoms with Crippen LogP contribution in [-0.2, 0) is 4.79 Å². The fourth-order valence-corrected chi connectivity index (χ4v) is 3.60. The summed E-state index contributed by atoms with van der Waals surface area (Å²) in [5.74, 6) is 0.186. The Bertz CT molecular complexity index is 818. The molecule has 0 bridgehead atoms. The lowest BCUT2D eigenvalue weighted by Gasteiger charge is -2.15. The monoisotopic (exact) mass is 359 g/mol. The van der Waals surface area contributed by atoms with Crippen LogP contribution in [0.2, 0.25) is 0 Å². The summed E-state index contributed by atoms with van der Waals surface area (Å²) < 4.78 is 19.1. The number of amides is 1. The largest absolute Gasteiger partial charge is 0.494 e. The molecular formula is C18H14FNO2S2. The molecule has 2 aromatic rings. The maximum absolute atomic E-state index is 13.3. The molecule has 6 heteroatoms. The normalized spacial score (nSPS) is 16.1. The van der Waals surface area contributed by atoms with E-state index < -0.39 is 0 Å². The van der Waals surface area contributed by atoms with Crippen molar-refractivity contribution in [3.05, 3.63) is 64.8 Å². The summed E-state index contributed by atoms with van der Waals surface area (Å²) in [5, 5.41) is 0. The number of thiocarbonyl (C=S) groups is 1. The fraction of sp³-hybridized carbons (Fsp3) is 0.111. The highest BCUT2D eigenvalue weighted by atomic mass is 32.2. The molecule has 0 spiro atoms. The van der Waals surface area contributed by atoms with Gasteiger partial charge in [0.1, 0.15) is 11.6 Å². The first kappa shape index (κ1) is 16.7. The van der Waals surface area contributed by atoms with Crippen molar-refractivity contribution >= 4 is 46.0 Å². The molecule has 0 aliphatic carbocycles. The number of nitrogens with zero attached hydrogens (tertiary/aromatic N) is 1. The Morgan fingerprint density at radius 3 is 2.67 bits per heavy atom. The van der Waals surface area contributed by atoms with Crippen molar-refractivity contribution in [3.63, 3.8) is 0 Å². The Hall–Kier alpha value is -2.18. The van der Waals surface area contributed by atoms with Gasteiger partial charge in [-0.1, -0.05) is 36.1 Å². The van der Waals surface area contributed by atoms with E-state index in [4.69, 9.17) is 17.0 Å².